The number of hydrogen-bond donors (Lipinski definition) is 1. The second-order valence-corrected chi connectivity index (χ2v) is 7.98. The van der Waals surface area contributed by atoms with Gasteiger partial charge in [-0.25, -0.2) is 4.98 Å². The van der Waals surface area contributed by atoms with Crippen LogP contribution in [-0.4, -0.2) is 9.97 Å². The molecule has 20 heavy (non-hydrogen) atoms. The minimum Gasteiger partial charge on any atom is -0.309 e. The highest BCUT2D eigenvalue weighted by atomic mass is 127. The van der Waals surface area contributed by atoms with E-state index in [1.54, 1.807) is 0 Å². The van der Waals surface area contributed by atoms with E-state index >= 15 is 0 Å². The molecule has 0 atom stereocenters. The summed E-state index contributed by atoms with van der Waals surface area (Å²) in [6, 6.07) is 0. The molecule has 1 aliphatic carbocycles. The number of rotatable bonds is 1. The summed E-state index contributed by atoms with van der Waals surface area (Å²) in [5.74, 6) is 1.35. The zero-order valence-corrected chi connectivity index (χ0v) is 14.9. The fraction of sp³-hybridized carbons (Fsp3) is 0.750. The molecule has 1 aliphatic rings. The van der Waals surface area contributed by atoms with E-state index in [0.717, 1.165) is 27.9 Å². The molecule has 4 heteroatoms. The normalized spacial score (nSPS) is 18.6. The van der Waals surface area contributed by atoms with Crippen molar-refractivity contribution in [3.8, 4) is 0 Å². The first-order chi connectivity index (χ1) is 9.39. The van der Waals surface area contributed by atoms with Crippen molar-refractivity contribution in [3.05, 3.63) is 25.4 Å². The maximum atomic E-state index is 12.2. The predicted molar refractivity (Wildman–Crippen MR) is 91.3 cm³/mol. The second kappa shape index (κ2) is 6.58. The molecule has 0 spiro atoms. The van der Waals surface area contributed by atoms with E-state index in [9.17, 15) is 4.79 Å². The molecule has 112 valence electrons. The van der Waals surface area contributed by atoms with Gasteiger partial charge in [0.2, 0.25) is 0 Å². The number of H-pyrrole nitrogens is 1. The quantitative estimate of drug-likeness (QED) is 0.720. The molecule has 1 saturated carbocycles. The van der Waals surface area contributed by atoms with Gasteiger partial charge in [-0.2, -0.15) is 0 Å². The second-order valence-electron chi connectivity index (χ2n) is 6.91. The van der Waals surface area contributed by atoms with Gasteiger partial charge in [-0.05, 0) is 35.4 Å². The molecule has 2 rings (SSSR count). The van der Waals surface area contributed by atoms with E-state index in [-0.39, 0.29) is 11.0 Å². The van der Waals surface area contributed by atoms with Crippen molar-refractivity contribution in [2.45, 2.75) is 77.0 Å². The summed E-state index contributed by atoms with van der Waals surface area (Å²) in [7, 11) is 0. The topological polar surface area (TPSA) is 45.8 Å². The van der Waals surface area contributed by atoms with E-state index in [4.69, 9.17) is 4.98 Å². The lowest BCUT2D eigenvalue weighted by atomic mass is 9.89. The van der Waals surface area contributed by atoms with Crippen LogP contribution in [0.2, 0.25) is 0 Å². The molecule has 3 nitrogen and oxygen atoms in total. The van der Waals surface area contributed by atoms with Crippen LogP contribution in [0.25, 0.3) is 0 Å². The van der Waals surface area contributed by atoms with Crippen molar-refractivity contribution in [3.63, 3.8) is 0 Å². The molecule has 0 unspecified atom stereocenters. The lowest BCUT2D eigenvalue weighted by molar-refractivity contribution is 0.436. The zero-order chi connectivity index (χ0) is 14.8. The first kappa shape index (κ1) is 16.0. The Balaban J connectivity index is 2.36. The number of nitrogens with one attached hydrogen (secondary N) is 1. The zero-order valence-electron chi connectivity index (χ0n) is 12.8. The van der Waals surface area contributed by atoms with E-state index < -0.39 is 0 Å². The van der Waals surface area contributed by atoms with Gasteiger partial charge in [0.25, 0.3) is 5.56 Å². The molecule has 1 aromatic rings. The summed E-state index contributed by atoms with van der Waals surface area (Å²) in [5.41, 5.74) is 0.891. The Morgan fingerprint density at radius 1 is 1.10 bits per heavy atom. The monoisotopic (exact) mass is 388 g/mol. The van der Waals surface area contributed by atoms with Crippen LogP contribution in [0, 0.1) is 3.57 Å². The van der Waals surface area contributed by atoms with Gasteiger partial charge in [-0.1, -0.05) is 52.9 Å². The molecule has 0 aliphatic heterocycles. The van der Waals surface area contributed by atoms with Crippen molar-refractivity contribution in [2.75, 3.05) is 0 Å². The molecule has 1 fully saturated rings. The number of hydrogen-bond acceptors (Lipinski definition) is 2. The predicted octanol–water partition coefficient (Wildman–Crippen LogP) is 4.50. The van der Waals surface area contributed by atoms with Crippen molar-refractivity contribution in [1.82, 2.24) is 9.97 Å². The molecule has 0 aromatic carbocycles. The van der Waals surface area contributed by atoms with Gasteiger partial charge in [-0.3, -0.25) is 4.79 Å². The fourth-order valence-electron chi connectivity index (χ4n) is 2.90. The summed E-state index contributed by atoms with van der Waals surface area (Å²) in [5, 5.41) is 0. The van der Waals surface area contributed by atoms with Gasteiger partial charge < -0.3 is 4.98 Å². The Bertz CT molecular complexity index is 508. The summed E-state index contributed by atoms with van der Waals surface area (Å²) in [6.07, 6.45) is 8.82. The van der Waals surface area contributed by atoms with Crippen LogP contribution in [0.1, 0.15) is 83.2 Å². The third-order valence-corrected chi connectivity index (χ3v) is 5.08. The minimum atomic E-state index is -0.0822. The van der Waals surface area contributed by atoms with Crippen molar-refractivity contribution in [1.29, 1.82) is 0 Å². The van der Waals surface area contributed by atoms with Crippen molar-refractivity contribution in [2.24, 2.45) is 0 Å². The smallest absolute Gasteiger partial charge is 0.264 e. The van der Waals surface area contributed by atoms with Gasteiger partial charge >= 0.3 is 0 Å². The summed E-state index contributed by atoms with van der Waals surface area (Å²) < 4.78 is 0.740. The molecule has 1 aromatic heterocycles. The first-order valence-electron chi connectivity index (χ1n) is 7.70. The van der Waals surface area contributed by atoms with Crippen LogP contribution < -0.4 is 5.56 Å². The van der Waals surface area contributed by atoms with Crippen molar-refractivity contribution < 1.29 is 0 Å². The SMILES string of the molecule is CC(C)(C)c1nc(C2CCCCCCC2)[nH]c(=O)c1I. The third-order valence-electron chi connectivity index (χ3n) is 4.08. The summed E-state index contributed by atoms with van der Waals surface area (Å²) in [6.45, 7) is 6.37. The summed E-state index contributed by atoms with van der Waals surface area (Å²) >= 11 is 2.13. The van der Waals surface area contributed by atoms with Crippen LogP contribution in [0.3, 0.4) is 0 Å². The lowest BCUT2D eigenvalue weighted by Gasteiger charge is -2.23. The Labute approximate surface area is 135 Å². The Hall–Kier alpha value is -0.390. The largest absolute Gasteiger partial charge is 0.309 e. The minimum absolute atomic E-state index is 0.0302. The summed E-state index contributed by atoms with van der Waals surface area (Å²) in [4.78, 5) is 20.1. The molecule has 0 radical (unpaired) electrons. The highest BCUT2D eigenvalue weighted by Gasteiger charge is 2.24. The Morgan fingerprint density at radius 2 is 1.65 bits per heavy atom. The molecule has 0 saturated heterocycles. The third kappa shape index (κ3) is 3.83. The van der Waals surface area contributed by atoms with E-state index in [0.29, 0.717) is 5.92 Å². The Morgan fingerprint density at radius 3 is 2.20 bits per heavy atom. The Kier molecular flexibility index (Phi) is 5.26. The van der Waals surface area contributed by atoms with Gasteiger partial charge in [-0.15, -0.1) is 0 Å². The van der Waals surface area contributed by atoms with E-state index in [1.807, 2.05) is 0 Å². The van der Waals surface area contributed by atoms with Crippen LogP contribution in [0.5, 0.6) is 0 Å². The maximum Gasteiger partial charge on any atom is 0.264 e. The average molecular weight is 388 g/mol. The van der Waals surface area contributed by atoms with E-state index in [2.05, 4.69) is 48.3 Å². The molecule has 1 heterocycles. The molecule has 1 N–H and O–H groups in total. The van der Waals surface area contributed by atoms with E-state index in [1.165, 1.54) is 32.1 Å². The van der Waals surface area contributed by atoms with Gasteiger partial charge in [0.1, 0.15) is 9.39 Å². The molecular formula is C16H25IN2O. The van der Waals surface area contributed by atoms with Crippen LogP contribution in [0.4, 0.5) is 0 Å². The average Bonchev–Trinajstić information content (AvgIpc) is 2.30. The fourth-order valence-corrected chi connectivity index (χ4v) is 3.96. The van der Waals surface area contributed by atoms with Gasteiger partial charge in [0, 0.05) is 11.3 Å². The number of halogens is 1. The van der Waals surface area contributed by atoms with Crippen LogP contribution >= 0.6 is 22.6 Å². The number of aromatic amines is 1. The first-order valence-corrected chi connectivity index (χ1v) is 8.77. The van der Waals surface area contributed by atoms with Crippen molar-refractivity contribution >= 4 is 22.6 Å². The number of nitrogens with zero attached hydrogens (tertiary/aromatic N) is 1. The van der Waals surface area contributed by atoms with Gasteiger partial charge in [0.05, 0.1) is 5.69 Å². The van der Waals surface area contributed by atoms with Crippen LogP contribution in [-0.2, 0) is 5.41 Å². The molecule has 0 amide bonds. The highest BCUT2D eigenvalue weighted by molar-refractivity contribution is 14.1. The molecule has 0 bridgehead atoms. The van der Waals surface area contributed by atoms with Gasteiger partial charge in [0.15, 0.2) is 0 Å². The maximum absolute atomic E-state index is 12.2. The standard InChI is InChI=1S/C16H25IN2O/c1-16(2,3)13-12(17)15(20)19-14(18-13)11-9-7-5-4-6-8-10-11/h11H,4-10H2,1-3H3,(H,18,19,20). The highest BCUT2D eigenvalue weighted by Crippen LogP contribution is 2.30. The van der Waals surface area contributed by atoms with Crippen LogP contribution in [0.15, 0.2) is 4.79 Å². The number of aromatic nitrogens is 2. The lowest BCUT2D eigenvalue weighted by Crippen LogP contribution is -2.26. The molecular weight excluding hydrogens is 363 g/mol.